The molecule has 2 aromatic carbocycles. The number of hydrogen-bond donors (Lipinski definition) is 0. The molecule has 94 valence electrons. The summed E-state index contributed by atoms with van der Waals surface area (Å²) in [7, 11) is 0. The second kappa shape index (κ2) is 4.52. The second-order valence-corrected chi connectivity index (χ2v) is 4.57. The lowest BCUT2D eigenvalue weighted by Gasteiger charge is -1.96. The number of ketones is 1. The van der Waals surface area contributed by atoms with Gasteiger partial charge in [-0.25, -0.2) is 4.39 Å². The SMILES string of the molecule is O=C(c1ccc(F)cc1)c1cc2cc(Cl)ccc2o1. The number of carbonyl (C=O) groups excluding carboxylic acids is 1. The lowest BCUT2D eigenvalue weighted by molar-refractivity contribution is 0.101. The van der Waals surface area contributed by atoms with Gasteiger partial charge < -0.3 is 4.42 Å². The molecule has 0 fully saturated rings. The summed E-state index contributed by atoms with van der Waals surface area (Å²) in [5, 5.41) is 1.34. The lowest BCUT2D eigenvalue weighted by Crippen LogP contribution is -1.99. The summed E-state index contributed by atoms with van der Waals surface area (Å²) in [5.41, 5.74) is 0.974. The molecule has 0 saturated heterocycles. The highest BCUT2D eigenvalue weighted by atomic mass is 35.5. The van der Waals surface area contributed by atoms with Gasteiger partial charge in [-0.3, -0.25) is 4.79 Å². The summed E-state index contributed by atoms with van der Waals surface area (Å²) >= 11 is 5.87. The zero-order valence-electron chi connectivity index (χ0n) is 9.69. The van der Waals surface area contributed by atoms with E-state index in [1.165, 1.54) is 24.3 Å². The van der Waals surface area contributed by atoms with Crippen LogP contribution in [0.5, 0.6) is 0 Å². The van der Waals surface area contributed by atoms with Gasteiger partial charge in [-0.2, -0.15) is 0 Å². The summed E-state index contributed by atoms with van der Waals surface area (Å²) in [5.74, 6) is -0.455. The first-order chi connectivity index (χ1) is 9.13. The van der Waals surface area contributed by atoms with Gasteiger partial charge >= 0.3 is 0 Å². The van der Waals surface area contributed by atoms with Crippen molar-refractivity contribution in [3.63, 3.8) is 0 Å². The van der Waals surface area contributed by atoms with Crippen LogP contribution in [-0.4, -0.2) is 5.78 Å². The summed E-state index contributed by atoms with van der Waals surface area (Å²) in [6.45, 7) is 0. The normalized spacial score (nSPS) is 10.8. The Morgan fingerprint density at radius 2 is 1.79 bits per heavy atom. The van der Waals surface area contributed by atoms with Gasteiger partial charge in [0.05, 0.1) is 0 Å². The standard InChI is InChI=1S/C15H8ClFO2/c16-11-3-6-13-10(7-11)8-14(19-13)15(18)9-1-4-12(17)5-2-9/h1-8H. The number of halogens is 2. The molecule has 0 aliphatic carbocycles. The van der Waals surface area contributed by atoms with Crippen LogP contribution in [-0.2, 0) is 0 Å². The minimum atomic E-state index is -0.382. The van der Waals surface area contributed by atoms with Gasteiger partial charge in [0, 0.05) is 16.0 Å². The van der Waals surface area contributed by atoms with Crippen LogP contribution in [0.4, 0.5) is 4.39 Å². The van der Waals surface area contributed by atoms with Crippen LogP contribution in [0, 0.1) is 5.82 Å². The molecule has 2 nitrogen and oxygen atoms in total. The van der Waals surface area contributed by atoms with E-state index in [-0.39, 0.29) is 17.4 Å². The Bertz CT molecular complexity index is 759. The predicted molar refractivity (Wildman–Crippen MR) is 71.1 cm³/mol. The lowest BCUT2D eigenvalue weighted by atomic mass is 10.1. The molecule has 0 spiro atoms. The van der Waals surface area contributed by atoms with Gasteiger partial charge in [-0.05, 0) is 48.5 Å². The van der Waals surface area contributed by atoms with Crippen LogP contribution in [0.2, 0.25) is 5.02 Å². The Morgan fingerprint density at radius 3 is 2.53 bits per heavy atom. The summed E-state index contributed by atoms with van der Waals surface area (Å²) in [4.78, 5) is 12.2. The van der Waals surface area contributed by atoms with Crippen LogP contribution < -0.4 is 0 Å². The first-order valence-corrected chi connectivity index (χ1v) is 6.01. The van der Waals surface area contributed by atoms with E-state index in [1.54, 1.807) is 24.3 Å². The molecular formula is C15H8ClFO2. The maximum absolute atomic E-state index is 12.8. The van der Waals surface area contributed by atoms with E-state index in [4.69, 9.17) is 16.0 Å². The average molecular weight is 275 g/mol. The molecule has 0 saturated carbocycles. The number of hydrogen-bond acceptors (Lipinski definition) is 2. The molecule has 0 radical (unpaired) electrons. The van der Waals surface area contributed by atoms with Gasteiger partial charge in [0.2, 0.25) is 5.78 Å². The van der Waals surface area contributed by atoms with Gasteiger partial charge in [0.1, 0.15) is 11.4 Å². The second-order valence-electron chi connectivity index (χ2n) is 4.13. The molecule has 0 aliphatic rings. The maximum atomic E-state index is 12.8. The highest BCUT2D eigenvalue weighted by Gasteiger charge is 2.14. The smallest absolute Gasteiger partial charge is 0.228 e. The van der Waals surface area contributed by atoms with E-state index in [2.05, 4.69) is 0 Å². The number of furan rings is 1. The third-order valence-corrected chi connectivity index (χ3v) is 3.04. The number of benzene rings is 2. The van der Waals surface area contributed by atoms with Crippen LogP contribution in [0.15, 0.2) is 52.9 Å². The van der Waals surface area contributed by atoms with Crippen molar-refractivity contribution in [2.24, 2.45) is 0 Å². The van der Waals surface area contributed by atoms with Crippen LogP contribution in [0.1, 0.15) is 16.1 Å². The molecule has 3 rings (SSSR count). The van der Waals surface area contributed by atoms with Crippen molar-refractivity contribution >= 4 is 28.4 Å². The molecule has 0 aliphatic heterocycles. The predicted octanol–water partition coefficient (Wildman–Crippen LogP) is 4.46. The topological polar surface area (TPSA) is 30.2 Å². The molecule has 0 N–H and O–H groups in total. The average Bonchev–Trinajstić information content (AvgIpc) is 2.81. The molecule has 0 amide bonds. The summed E-state index contributed by atoms with van der Waals surface area (Å²) < 4.78 is 18.3. The van der Waals surface area contributed by atoms with Gasteiger partial charge in [-0.1, -0.05) is 11.6 Å². The first kappa shape index (κ1) is 11.9. The van der Waals surface area contributed by atoms with Gasteiger partial charge in [0.25, 0.3) is 0 Å². The number of carbonyl (C=O) groups is 1. The molecule has 19 heavy (non-hydrogen) atoms. The highest BCUT2D eigenvalue weighted by Crippen LogP contribution is 2.24. The van der Waals surface area contributed by atoms with E-state index in [1.807, 2.05) is 0 Å². The molecule has 1 heterocycles. The third kappa shape index (κ3) is 2.25. The molecule has 0 atom stereocenters. The Hall–Kier alpha value is -2.13. The zero-order chi connectivity index (χ0) is 13.4. The molecule has 0 bridgehead atoms. The van der Waals surface area contributed by atoms with Crippen molar-refractivity contribution in [2.75, 3.05) is 0 Å². The Labute approximate surface area is 113 Å². The Balaban J connectivity index is 2.04. The van der Waals surface area contributed by atoms with E-state index in [0.717, 1.165) is 5.39 Å². The minimum Gasteiger partial charge on any atom is -0.453 e. The van der Waals surface area contributed by atoms with Crippen LogP contribution >= 0.6 is 11.6 Å². The van der Waals surface area contributed by atoms with Crippen molar-refractivity contribution in [1.82, 2.24) is 0 Å². The van der Waals surface area contributed by atoms with Crippen molar-refractivity contribution < 1.29 is 13.6 Å². The molecular weight excluding hydrogens is 267 g/mol. The quantitative estimate of drug-likeness (QED) is 0.646. The molecule has 3 aromatic rings. The Morgan fingerprint density at radius 1 is 1.05 bits per heavy atom. The zero-order valence-corrected chi connectivity index (χ0v) is 10.4. The van der Waals surface area contributed by atoms with E-state index >= 15 is 0 Å². The third-order valence-electron chi connectivity index (χ3n) is 2.81. The van der Waals surface area contributed by atoms with E-state index in [0.29, 0.717) is 16.2 Å². The monoisotopic (exact) mass is 274 g/mol. The van der Waals surface area contributed by atoms with E-state index in [9.17, 15) is 9.18 Å². The maximum Gasteiger partial charge on any atom is 0.228 e. The molecule has 0 unspecified atom stereocenters. The highest BCUT2D eigenvalue weighted by molar-refractivity contribution is 6.31. The molecule has 1 aromatic heterocycles. The largest absolute Gasteiger partial charge is 0.453 e. The molecule has 4 heteroatoms. The van der Waals surface area contributed by atoms with Crippen molar-refractivity contribution in [3.05, 3.63) is 70.7 Å². The van der Waals surface area contributed by atoms with Gasteiger partial charge in [-0.15, -0.1) is 0 Å². The van der Waals surface area contributed by atoms with Crippen LogP contribution in [0.3, 0.4) is 0 Å². The minimum absolute atomic E-state index is 0.212. The van der Waals surface area contributed by atoms with Crippen LogP contribution in [0.25, 0.3) is 11.0 Å². The summed E-state index contributed by atoms with van der Waals surface area (Å²) in [6.07, 6.45) is 0. The number of rotatable bonds is 2. The van der Waals surface area contributed by atoms with Crippen molar-refractivity contribution in [3.8, 4) is 0 Å². The van der Waals surface area contributed by atoms with Crippen molar-refractivity contribution in [2.45, 2.75) is 0 Å². The van der Waals surface area contributed by atoms with E-state index < -0.39 is 0 Å². The Kier molecular flexibility index (Phi) is 2.84. The summed E-state index contributed by atoms with van der Waals surface area (Å²) in [6, 6.07) is 12.1. The van der Waals surface area contributed by atoms with Crippen molar-refractivity contribution in [1.29, 1.82) is 0 Å². The first-order valence-electron chi connectivity index (χ1n) is 5.63. The fourth-order valence-electron chi connectivity index (χ4n) is 1.87. The fraction of sp³-hybridized carbons (Fsp3) is 0. The number of fused-ring (bicyclic) bond motifs is 1. The van der Waals surface area contributed by atoms with Gasteiger partial charge in [0.15, 0.2) is 5.76 Å². The fourth-order valence-corrected chi connectivity index (χ4v) is 2.05.